The number of piperidine rings is 1. The van der Waals surface area contributed by atoms with E-state index in [0.29, 0.717) is 12.1 Å². The average molecular weight is 199 g/mol. The van der Waals surface area contributed by atoms with Crippen LogP contribution in [-0.2, 0) is 0 Å². The van der Waals surface area contributed by atoms with Gasteiger partial charge in [-0.25, -0.2) is 0 Å². The monoisotopic (exact) mass is 199 g/mol. The Balaban J connectivity index is 2.46. The predicted octanol–water partition coefficient (Wildman–Crippen LogP) is 2.27. The number of nitrogens with zero attached hydrogens (tertiary/aromatic N) is 1. The first kappa shape index (κ1) is 12.0. The van der Waals surface area contributed by atoms with E-state index < -0.39 is 0 Å². The summed E-state index contributed by atoms with van der Waals surface area (Å²) < 4.78 is 0. The lowest BCUT2D eigenvalue weighted by molar-refractivity contribution is 0.0548. The topological polar surface area (TPSA) is 23.5 Å². The van der Waals surface area contributed by atoms with Crippen molar-refractivity contribution in [3.63, 3.8) is 0 Å². The van der Waals surface area contributed by atoms with E-state index in [1.165, 1.54) is 19.4 Å². The summed E-state index contributed by atoms with van der Waals surface area (Å²) in [4.78, 5) is 2.56. The van der Waals surface area contributed by atoms with E-state index in [9.17, 15) is 5.11 Å². The third kappa shape index (κ3) is 3.25. The van der Waals surface area contributed by atoms with Crippen LogP contribution in [0.3, 0.4) is 0 Å². The van der Waals surface area contributed by atoms with Crippen molar-refractivity contribution in [2.45, 2.75) is 65.1 Å². The SMILES string of the molecule is CC(O)CC(C)N1CC(C)CCC1C. The Morgan fingerprint density at radius 1 is 1.29 bits per heavy atom. The third-order valence-electron chi connectivity index (χ3n) is 3.41. The first-order valence-electron chi connectivity index (χ1n) is 5.94. The van der Waals surface area contributed by atoms with Gasteiger partial charge in [0.15, 0.2) is 0 Å². The molecule has 1 N–H and O–H groups in total. The summed E-state index contributed by atoms with van der Waals surface area (Å²) >= 11 is 0. The van der Waals surface area contributed by atoms with Crippen molar-refractivity contribution in [1.82, 2.24) is 4.90 Å². The van der Waals surface area contributed by atoms with Gasteiger partial charge in [-0.3, -0.25) is 4.90 Å². The molecule has 0 aromatic carbocycles. The predicted molar refractivity (Wildman–Crippen MR) is 60.3 cm³/mol. The zero-order chi connectivity index (χ0) is 10.7. The summed E-state index contributed by atoms with van der Waals surface area (Å²) in [5.74, 6) is 0.822. The standard InChI is InChI=1S/C12H25NO/c1-9-5-6-10(2)13(8-9)11(3)7-12(4)14/h9-12,14H,5-8H2,1-4H3. The van der Waals surface area contributed by atoms with Gasteiger partial charge in [0.1, 0.15) is 0 Å². The molecule has 0 bridgehead atoms. The van der Waals surface area contributed by atoms with Crippen LogP contribution in [-0.4, -0.2) is 34.7 Å². The molecule has 1 saturated heterocycles. The van der Waals surface area contributed by atoms with E-state index >= 15 is 0 Å². The summed E-state index contributed by atoms with van der Waals surface area (Å²) in [5.41, 5.74) is 0. The van der Waals surface area contributed by atoms with E-state index in [0.717, 1.165) is 12.3 Å². The Morgan fingerprint density at radius 2 is 1.93 bits per heavy atom. The Bertz CT molecular complexity index is 170. The molecular weight excluding hydrogens is 174 g/mol. The fourth-order valence-electron chi connectivity index (χ4n) is 2.57. The minimum Gasteiger partial charge on any atom is -0.393 e. The largest absolute Gasteiger partial charge is 0.393 e. The molecule has 1 rings (SSSR count). The molecule has 4 unspecified atom stereocenters. The maximum atomic E-state index is 9.38. The van der Waals surface area contributed by atoms with Gasteiger partial charge >= 0.3 is 0 Å². The maximum absolute atomic E-state index is 9.38. The number of hydrogen-bond acceptors (Lipinski definition) is 2. The highest BCUT2D eigenvalue weighted by Gasteiger charge is 2.26. The van der Waals surface area contributed by atoms with Crippen LogP contribution in [0, 0.1) is 5.92 Å². The lowest BCUT2D eigenvalue weighted by atomic mass is 9.93. The highest BCUT2D eigenvalue weighted by molar-refractivity contribution is 4.81. The van der Waals surface area contributed by atoms with Crippen LogP contribution in [0.25, 0.3) is 0 Å². The molecule has 84 valence electrons. The van der Waals surface area contributed by atoms with E-state index in [4.69, 9.17) is 0 Å². The van der Waals surface area contributed by atoms with Gasteiger partial charge in [-0.1, -0.05) is 6.92 Å². The average Bonchev–Trinajstić information content (AvgIpc) is 2.08. The molecule has 0 aliphatic carbocycles. The molecule has 2 heteroatoms. The molecule has 0 spiro atoms. The minimum absolute atomic E-state index is 0.172. The van der Waals surface area contributed by atoms with Gasteiger partial charge in [0.05, 0.1) is 6.10 Å². The number of aliphatic hydroxyl groups excluding tert-OH is 1. The van der Waals surface area contributed by atoms with Crippen LogP contribution in [0.5, 0.6) is 0 Å². The molecule has 0 saturated carbocycles. The highest BCUT2D eigenvalue weighted by Crippen LogP contribution is 2.24. The summed E-state index contributed by atoms with van der Waals surface area (Å²) in [5, 5.41) is 9.38. The zero-order valence-corrected chi connectivity index (χ0v) is 10.0. The smallest absolute Gasteiger partial charge is 0.0526 e. The molecular formula is C12H25NO. The first-order valence-corrected chi connectivity index (χ1v) is 5.94. The van der Waals surface area contributed by atoms with Crippen LogP contribution in [0.2, 0.25) is 0 Å². The number of hydrogen-bond donors (Lipinski definition) is 1. The van der Waals surface area contributed by atoms with Crippen LogP contribution in [0.4, 0.5) is 0 Å². The maximum Gasteiger partial charge on any atom is 0.0526 e. The molecule has 1 fully saturated rings. The van der Waals surface area contributed by atoms with Gasteiger partial charge in [-0.2, -0.15) is 0 Å². The summed E-state index contributed by atoms with van der Waals surface area (Å²) in [7, 11) is 0. The molecule has 0 amide bonds. The highest BCUT2D eigenvalue weighted by atomic mass is 16.3. The second kappa shape index (κ2) is 5.13. The van der Waals surface area contributed by atoms with Gasteiger partial charge in [0, 0.05) is 18.6 Å². The van der Waals surface area contributed by atoms with Gasteiger partial charge in [-0.05, 0) is 46.0 Å². The quantitative estimate of drug-likeness (QED) is 0.753. The lowest BCUT2D eigenvalue weighted by Crippen LogP contribution is -2.47. The minimum atomic E-state index is -0.172. The Morgan fingerprint density at radius 3 is 2.50 bits per heavy atom. The molecule has 0 aromatic heterocycles. The normalized spacial score (nSPS) is 34.1. The second-order valence-electron chi connectivity index (χ2n) is 5.16. The molecule has 14 heavy (non-hydrogen) atoms. The number of rotatable bonds is 3. The Labute approximate surface area is 88.3 Å². The molecule has 1 heterocycles. The van der Waals surface area contributed by atoms with Crippen LogP contribution in [0.15, 0.2) is 0 Å². The van der Waals surface area contributed by atoms with E-state index in [1.54, 1.807) is 0 Å². The van der Waals surface area contributed by atoms with Crippen molar-refractivity contribution in [2.75, 3.05) is 6.54 Å². The van der Waals surface area contributed by atoms with E-state index in [1.807, 2.05) is 6.92 Å². The van der Waals surface area contributed by atoms with Crippen molar-refractivity contribution < 1.29 is 5.11 Å². The Kier molecular flexibility index (Phi) is 4.39. The second-order valence-corrected chi connectivity index (χ2v) is 5.16. The van der Waals surface area contributed by atoms with Crippen LogP contribution >= 0.6 is 0 Å². The van der Waals surface area contributed by atoms with Crippen LogP contribution in [0.1, 0.15) is 47.0 Å². The van der Waals surface area contributed by atoms with Crippen molar-refractivity contribution in [3.8, 4) is 0 Å². The number of aliphatic hydroxyl groups is 1. The van der Waals surface area contributed by atoms with Crippen molar-refractivity contribution >= 4 is 0 Å². The van der Waals surface area contributed by atoms with Gasteiger partial charge < -0.3 is 5.11 Å². The summed E-state index contributed by atoms with van der Waals surface area (Å²) in [6, 6.07) is 1.22. The van der Waals surface area contributed by atoms with Crippen LogP contribution < -0.4 is 0 Å². The van der Waals surface area contributed by atoms with E-state index in [2.05, 4.69) is 25.7 Å². The fourth-order valence-corrected chi connectivity index (χ4v) is 2.57. The summed E-state index contributed by atoms with van der Waals surface area (Å²) in [6.07, 6.45) is 3.40. The number of likely N-dealkylation sites (tertiary alicyclic amines) is 1. The van der Waals surface area contributed by atoms with Gasteiger partial charge in [0.25, 0.3) is 0 Å². The zero-order valence-electron chi connectivity index (χ0n) is 10.0. The molecule has 2 nitrogen and oxygen atoms in total. The van der Waals surface area contributed by atoms with Crippen molar-refractivity contribution in [3.05, 3.63) is 0 Å². The van der Waals surface area contributed by atoms with Crippen molar-refractivity contribution in [2.24, 2.45) is 5.92 Å². The first-order chi connectivity index (χ1) is 6.50. The van der Waals surface area contributed by atoms with Gasteiger partial charge in [0.2, 0.25) is 0 Å². The fraction of sp³-hybridized carbons (Fsp3) is 1.00. The van der Waals surface area contributed by atoms with E-state index in [-0.39, 0.29) is 6.10 Å². The van der Waals surface area contributed by atoms with Gasteiger partial charge in [-0.15, -0.1) is 0 Å². The lowest BCUT2D eigenvalue weighted by Gasteiger charge is -2.41. The molecule has 0 radical (unpaired) electrons. The molecule has 1 aliphatic heterocycles. The molecule has 1 aliphatic rings. The van der Waals surface area contributed by atoms with Crippen molar-refractivity contribution in [1.29, 1.82) is 0 Å². The molecule has 0 aromatic rings. The third-order valence-corrected chi connectivity index (χ3v) is 3.41. The molecule has 4 atom stereocenters. The summed E-state index contributed by atoms with van der Waals surface area (Å²) in [6.45, 7) is 9.96. The Hall–Kier alpha value is -0.0800.